The van der Waals surface area contributed by atoms with Gasteiger partial charge in [-0.3, -0.25) is 4.79 Å². The van der Waals surface area contributed by atoms with E-state index < -0.39 is 22.1 Å². The summed E-state index contributed by atoms with van der Waals surface area (Å²) in [6, 6.07) is 6.54. The molecule has 1 heterocycles. The fraction of sp³-hybridized carbons (Fsp3) is 0.588. The second kappa shape index (κ2) is 8.83. The maximum Gasteiger partial charge on any atom is 0.471 e. The first-order valence-corrected chi connectivity index (χ1v) is 11.0. The summed E-state index contributed by atoms with van der Waals surface area (Å²) in [4.78, 5) is 13.2. The molecule has 5 nitrogen and oxygen atoms in total. The molecule has 0 atom stereocenters. The number of sulfonamides is 1. The normalized spacial score (nSPS) is 16.7. The average molecular weight is 425 g/mol. The first kappa shape index (κ1) is 22.0. The van der Waals surface area contributed by atoms with E-state index in [1.165, 1.54) is 16.1 Å². The van der Waals surface area contributed by atoms with Gasteiger partial charge in [0.1, 0.15) is 0 Å². The third-order valence-corrected chi connectivity index (χ3v) is 7.85. The smallest absolute Gasteiger partial charge is 0.335 e. The number of thioether (sulfide) groups is 1. The number of hydrogen-bond donors (Lipinski definition) is 0. The van der Waals surface area contributed by atoms with Crippen LogP contribution in [0.3, 0.4) is 0 Å². The Hall–Kier alpha value is -1.26. The van der Waals surface area contributed by atoms with Crippen LogP contribution in [0.4, 0.5) is 13.2 Å². The van der Waals surface area contributed by atoms with Crippen LogP contribution in [0.15, 0.2) is 34.1 Å². The van der Waals surface area contributed by atoms with Crippen LogP contribution in [0.5, 0.6) is 0 Å². The highest BCUT2D eigenvalue weighted by atomic mass is 32.2. The van der Waals surface area contributed by atoms with E-state index >= 15 is 0 Å². The van der Waals surface area contributed by atoms with Crippen LogP contribution in [0.25, 0.3) is 0 Å². The molecule has 1 saturated heterocycles. The predicted octanol–water partition coefficient (Wildman–Crippen LogP) is 3.36. The van der Waals surface area contributed by atoms with E-state index in [0.29, 0.717) is 25.9 Å². The zero-order chi connectivity index (χ0) is 20.2. The number of carbonyl (C=O) groups excluding carboxylic acids is 1. The Morgan fingerprint density at radius 1 is 1.15 bits per heavy atom. The molecule has 0 radical (unpaired) electrons. The van der Waals surface area contributed by atoms with Crippen molar-refractivity contribution in [3.63, 3.8) is 0 Å². The monoisotopic (exact) mass is 424 g/mol. The minimum Gasteiger partial charge on any atom is -0.335 e. The molecule has 0 aromatic heterocycles. The number of carbonyl (C=O) groups is 1. The number of amides is 1. The lowest BCUT2D eigenvalue weighted by molar-refractivity contribution is -0.186. The van der Waals surface area contributed by atoms with Gasteiger partial charge < -0.3 is 4.90 Å². The minimum absolute atomic E-state index is 0.0738. The van der Waals surface area contributed by atoms with Crippen molar-refractivity contribution in [3.8, 4) is 0 Å². The molecule has 27 heavy (non-hydrogen) atoms. The summed E-state index contributed by atoms with van der Waals surface area (Å²) in [5.74, 6) is -1.78. The molecule has 0 spiro atoms. The van der Waals surface area contributed by atoms with E-state index in [2.05, 4.69) is 0 Å². The standard InChI is InChI=1S/C17H23F3N2O3S2/c1-3-22(4-2)27(24,25)15-7-5-13(6-8-15)26-14-9-11-21(12-10-14)16(23)17(18,19)20/h5-8,14H,3-4,9-12H2,1-2H3. The number of halogens is 3. The van der Waals surface area contributed by atoms with Crippen LogP contribution < -0.4 is 0 Å². The molecular weight excluding hydrogens is 401 g/mol. The quantitative estimate of drug-likeness (QED) is 0.703. The number of benzene rings is 1. The topological polar surface area (TPSA) is 57.7 Å². The Bertz CT molecular complexity index is 740. The molecule has 0 unspecified atom stereocenters. The highest BCUT2D eigenvalue weighted by Crippen LogP contribution is 2.32. The van der Waals surface area contributed by atoms with Crippen LogP contribution >= 0.6 is 11.8 Å². The van der Waals surface area contributed by atoms with Crippen LogP contribution in [0.2, 0.25) is 0 Å². The molecule has 10 heteroatoms. The van der Waals surface area contributed by atoms with Crippen molar-refractivity contribution in [1.29, 1.82) is 0 Å². The number of rotatable bonds is 6. The van der Waals surface area contributed by atoms with Gasteiger partial charge in [-0.1, -0.05) is 13.8 Å². The maximum atomic E-state index is 12.5. The summed E-state index contributed by atoms with van der Waals surface area (Å²) in [6.45, 7) is 4.49. The van der Waals surface area contributed by atoms with Crippen molar-refractivity contribution in [2.24, 2.45) is 0 Å². The first-order valence-electron chi connectivity index (χ1n) is 8.72. The summed E-state index contributed by atoms with van der Waals surface area (Å²) in [5, 5.41) is 0.0903. The molecule has 1 fully saturated rings. The van der Waals surface area contributed by atoms with Crippen LogP contribution in [0, 0.1) is 0 Å². The molecule has 2 rings (SSSR count). The molecule has 1 amide bonds. The average Bonchev–Trinajstić information content (AvgIpc) is 2.62. The number of alkyl halides is 3. The summed E-state index contributed by atoms with van der Waals surface area (Å²) in [6.07, 6.45) is -3.90. The molecular formula is C17H23F3N2O3S2. The largest absolute Gasteiger partial charge is 0.471 e. The molecule has 0 bridgehead atoms. The lowest BCUT2D eigenvalue weighted by Crippen LogP contribution is -2.45. The molecule has 1 aliphatic rings. The fourth-order valence-corrected chi connectivity index (χ4v) is 5.53. The zero-order valence-electron chi connectivity index (χ0n) is 15.2. The van der Waals surface area contributed by atoms with E-state index in [9.17, 15) is 26.4 Å². The summed E-state index contributed by atoms with van der Waals surface area (Å²) in [5.41, 5.74) is 0. The lowest BCUT2D eigenvalue weighted by Gasteiger charge is -2.32. The molecule has 0 N–H and O–H groups in total. The van der Waals surface area contributed by atoms with Gasteiger partial charge in [0, 0.05) is 36.3 Å². The third kappa shape index (κ3) is 5.39. The summed E-state index contributed by atoms with van der Waals surface area (Å²) < 4.78 is 63.7. The summed E-state index contributed by atoms with van der Waals surface area (Å²) >= 11 is 1.50. The van der Waals surface area contributed by atoms with Crippen molar-refractivity contribution in [2.75, 3.05) is 26.2 Å². The molecule has 1 aromatic rings. The van der Waals surface area contributed by atoms with E-state index in [-0.39, 0.29) is 23.2 Å². The van der Waals surface area contributed by atoms with Crippen molar-refractivity contribution >= 4 is 27.7 Å². The van der Waals surface area contributed by atoms with Crippen molar-refractivity contribution in [1.82, 2.24) is 9.21 Å². The van der Waals surface area contributed by atoms with Gasteiger partial charge in [-0.05, 0) is 37.1 Å². The van der Waals surface area contributed by atoms with Gasteiger partial charge in [-0.25, -0.2) is 8.42 Å². The van der Waals surface area contributed by atoms with Crippen molar-refractivity contribution in [3.05, 3.63) is 24.3 Å². The van der Waals surface area contributed by atoms with Gasteiger partial charge in [-0.2, -0.15) is 17.5 Å². The third-order valence-electron chi connectivity index (χ3n) is 4.44. The first-order chi connectivity index (χ1) is 12.6. The van der Waals surface area contributed by atoms with Crippen LogP contribution in [0.1, 0.15) is 26.7 Å². The van der Waals surface area contributed by atoms with E-state index in [4.69, 9.17) is 0 Å². The fourth-order valence-electron chi connectivity index (χ4n) is 2.95. The molecule has 152 valence electrons. The van der Waals surface area contributed by atoms with E-state index in [1.807, 2.05) is 0 Å². The highest BCUT2D eigenvalue weighted by molar-refractivity contribution is 8.00. The Morgan fingerprint density at radius 3 is 2.11 bits per heavy atom. The predicted molar refractivity (Wildman–Crippen MR) is 98.1 cm³/mol. The molecule has 0 aliphatic carbocycles. The van der Waals surface area contributed by atoms with Gasteiger partial charge in [0.25, 0.3) is 0 Å². The number of likely N-dealkylation sites (tertiary alicyclic amines) is 1. The molecule has 1 aliphatic heterocycles. The SMILES string of the molecule is CCN(CC)S(=O)(=O)c1ccc(SC2CCN(C(=O)C(F)(F)F)CC2)cc1. The highest BCUT2D eigenvalue weighted by Gasteiger charge is 2.43. The van der Waals surface area contributed by atoms with Gasteiger partial charge >= 0.3 is 12.1 Å². The zero-order valence-corrected chi connectivity index (χ0v) is 16.8. The maximum absolute atomic E-state index is 12.5. The number of nitrogens with zero attached hydrogens (tertiary/aromatic N) is 2. The Kier molecular flexibility index (Phi) is 7.20. The van der Waals surface area contributed by atoms with Crippen LogP contribution in [-0.4, -0.2) is 61.1 Å². The number of hydrogen-bond acceptors (Lipinski definition) is 4. The van der Waals surface area contributed by atoms with E-state index in [1.54, 1.807) is 38.1 Å². The Balaban J connectivity index is 1.96. The molecule has 0 saturated carbocycles. The van der Waals surface area contributed by atoms with Crippen molar-refractivity contribution < 1.29 is 26.4 Å². The van der Waals surface area contributed by atoms with Gasteiger partial charge in [0.05, 0.1) is 4.90 Å². The molecule has 1 aromatic carbocycles. The Morgan fingerprint density at radius 2 is 1.67 bits per heavy atom. The van der Waals surface area contributed by atoms with Gasteiger partial charge in [0.15, 0.2) is 0 Å². The van der Waals surface area contributed by atoms with Gasteiger partial charge in [0.2, 0.25) is 10.0 Å². The lowest BCUT2D eigenvalue weighted by atomic mass is 10.1. The second-order valence-electron chi connectivity index (χ2n) is 6.17. The summed E-state index contributed by atoms with van der Waals surface area (Å²) in [7, 11) is -3.51. The van der Waals surface area contributed by atoms with Crippen molar-refractivity contribution in [2.45, 2.75) is 47.9 Å². The van der Waals surface area contributed by atoms with Crippen LogP contribution in [-0.2, 0) is 14.8 Å². The van der Waals surface area contributed by atoms with Gasteiger partial charge in [-0.15, -0.1) is 11.8 Å². The Labute approximate surface area is 162 Å². The van der Waals surface area contributed by atoms with E-state index in [0.717, 1.165) is 9.80 Å². The minimum atomic E-state index is -4.83. The number of piperidine rings is 1. The second-order valence-corrected chi connectivity index (χ2v) is 9.48.